The van der Waals surface area contributed by atoms with Gasteiger partial charge in [0.1, 0.15) is 24.2 Å². The number of carbonyl (C=O) groups excluding carboxylic acids is 1. The first-order chi connectivity index (χ1) is 15.4. The number of amides is 1. The summed E-state index contributed by atoms with van der Waals surface area (Å²) in [5.74, 6) is 1.44. The number of benzene rings is 2. The molecule has 1 aromatic heterocycles. The van der Waals surface area contributed by atoms with Crippen molar-refractivity contribution in [1.82, 2.24) is 9.88 Å². The lowest BCUT2D eigenvalue weighted by Crippen LogP contribution is -2.42. The Kier molecular flexibility index (Phi) is 6.49. The molecule has 1 atom stereocenters. The smallest absolute Gasteiger partial charge is 0.410 e. The fraction of sp³-hybridized carbons (Fsp3) is 0.385. The minimum atomic E-state index is -0.489. The third-order valence-electron chi connectivity index (χ3n) is 5.41. The van der Waals surface area contributed by atoms with E-state index >= 15 is 0 Å². The fourth-order valence-corrected chi connectivity index (χ4v) is 3.83. The van der Waals surface area contributed by atoms with Gasteiger partial charge in [-0.15, -0.1) is 0 Å². The van der Waals surface area contributed by atoms with Crippen molar-refractivity contribution in [2.75, 3.05) is 13.2 Å². The Balaban J connectivity index is 1.30. The molecule has 1 aliphatic rings. The van der Waals surface area contributed by atoms with Gasteiger partial charge in [-0.2, -0.15) is 0 Å². The summed E-state index contributed by atoms with van der Waals surface area (Å²) >= 11 is 0. The molecule has 1 fully saturated rings. The van der Waals surface area contributed by atoms with Crippen LogP contribution in [-0.4, -0.2) is 40.8 Å². The minimum Gasteiger partial charge on any atom is -0.491 e. The summed E-state index contributed by atoms with van der Waals surface area (Å²) in [7, 11) is 0. The van der Waals surface area contributed by atoms with Gasteiger partial charge in [0.05, 0.1) is 12.2 Å². The predicted molar refractivity (Wildman–Crippen MR) is 123 cm³/mol. The highest BCUT2D eigenvalue weighted by atomic mass is 16.6. The molecule has 1 amide bonds. The van der Waals surface area contributed by atoms with Gasteiger partial charge in [-0.25, -0.2) is 9.78 Å². The van der Waals surface area contributed by atoms with Crippen molar-refractivity contribution in [1.29, 1.82) is 0 Å². The van der Waals surface area contributed by atoms with Crippen LogP contribution in [0.4, 0.5) is 4.79 Å². The molecule has 2 aromatic carbocycles. The van der Waals surface area contributed by atoms with Crippen LogP contribution in [-0.2, 0) is 11.2 Å². The number of hydrogen-bond donors (Lipinski definition) is 0. The van der Waals surface area contributed by atoms with Gasteiger partial charge < -0.3 is 18.8 Å². The maximum atomic E-state index is 12.4. The summed E-state index contributed by atoms with van der Waals surface area (Å²) in [6.07, 6.45) is 5.71. The highest BCUT2D eigenvalue weighted by Gasteiger charge is 2.32. The Hall–Kier alpha value is -3.28. The van der Waals surface area contributed by atoms with Crippen LogP contribution in [0.5, 0.6) is 5.75 Å². The number of rotatable bonds is 6. The van der Waals surface area contributed by atoms with Crippen molar-refractivity contribution < 1.29 is 18.7 Å². The summed E-state index contributed by atoms with van der Waals surface area (Å²) in [6.45, 7) is 6.85. The van der Waals surface area contributed by atoms with E-state index in [-0.39, 0.29) is 12.1 Å². The van der Waals surface area contributed by atoms with Crippen molar-refractivity contribution >= 4 is 6.09 Å². The zero-order valence-electron chi connectivity index (χ0n) is 18.9. The lowest BCUT2D eigenvalue weighted by atomic mass is 10.0. The third-order valence-corrected chi connectivity index (χ3v) is 5.41. The van der Waals surface area contributed by atoms with Gasteiger partial charge in [0.15, 0.2) is 0 Å². The molecule has 6 heteroatoms. The Morgan fingerprint density at radius 2 is 1.78 bits per heavy atom. The summed E-state index contributed by atoms with van der Waals surface area (Å²) in [5.41, 5.74) is 2.90. The largest absolute Gasteiger partial charge is 0.491 e. The van der Waals surface area contributed by atoms with E-state index in [0.29, 0.717) is 12.5 Å². The summed E-state index contributed by atoms with van der Waals surface area (Å²) in [4.78, 5) is 18.4. The lowest BCUT2D eigenvalue weighted by Gasteiger charge is -2.28. The molecule has 6 nitrogen and oxygen atoms in total. The normalized spacial score (nSPS) is 16.2. The quantitative estimate of drug-likeness (QED) is 0.497. The van der Waals surface area contributed by atoms with Gasteiger partial charge in [0, 0.05) is 12.1 Å². The van der Waals surface area contributed by atoms with E-state index in [1.54, 1.807) is 17.4 Å². The molecule has 0 saturated carbocycles. The van der Waals surface area contributed by atoms with Gasteiger partial charge >= 0.3 is 6.09 Å². The second-order valence-corrected chi connectivity index (χ2v) is 9.14. The molecule has 0 aliphatic carbocycles. The van der Waals surface area contributed by atoms with Crippen molar-refractivity contribution in [3.8, 4) is 17.2 Å². The number of oxazole rings is 1. The van der Waals surface area contributed by atoms with Crippen LogP contribution in [0.2, 0.25) is 0 Å². The first-order valence-corrected chi connectivity index (χ1v) is 11.1. The number of hydrogen-bond acceptors (Lipinski definition) is 5. The first-order valence-electron chi connectivity index (χ1n) is 11.1. The Labute approximate surface area is 189 Å². The van der Waals surface area contributed by atoms with E-state index in [4.69, 9.17) is 13.9 Å². The summed E-state index contributed by atoms with van der Waals surface area (Å²) < 4.78 is 16.9. The first kappa shape index (κ1) is 21.9. The molecule has 1 aliphatic heterocycles. The van der Waals surface area contributed by atoms with Crippen molar-refractivity contribution in [2.45, 2.75) is 51.7 Å². The molecular weight excluding hydrogens is 404 g/mol. The molecule has 0 unspecified atom stereocenters. The molecule has 0 N–H and O–H groups in total. The highest BCUT2D eigenvalue weighted by molar-refractivity contribution is 5.69. The molecule has 1 saturated heterocycles. The maximum Gasteiger partial charge on any atom is 0.410 e. The number of nitrogens with zero attached hydrogens (tertiary/aromatic N) is 2. The van der Waals surface area contributed by atoms with E-state index in [9.17, 15) is 4.79 Å². The van der Waals surface area contributed by atoms with Crippen LogP contribution >= 0.6 is 0 Å². The SMILES string of the molecule is CC(C)(C)OC(=O)N1CCC[C@@H]1COc1ccc(Cc2ccc(-c3ncco3)cc2)cc1. The Morgan fingerprint density at radius 1 is 1.09 bits per heavy atom. The number of likely N-dealkylation sites (tertiary alicyclic amines) is 1. The monoisotopic (exact) mass is 434 g/mol. The summed E-state index contributed by atoms with van der Waals surface area (Å²) in [5, 5.41) is 0. The van der Waals surface area contributed by atoms with E-state index < -0.39 is 5.60 Å². The predicted octanol–water partition coefficient (Wildman–Crippen LogP) is 5.71. The average molecular weight is 435 g/mol. The number of aromatic nitrogens is 1. The van der Waals surface area contributed by atoms with Crippen LogP contribution in [0.1, 0.15) is 44.7 Å². The van der Waals surface area contributed by atoms with Crippen molar-refractivity contribution in [3.63, 3.8) is 0 Å². The minimum absolute atomic E-state index is 0.0479. The molecule has 0 spiro atoms. The van der Waals surface area contributed by atoms with Crippen LogP contribution in [0.15, 0.2) is 65.4 Å². The molecule has 0 bridgehead atoms. The van der Waals surface area contributed by atoms with E-state index in [1.165, 1.54) is 11.1 Å². The van der Waals surface area contributed by atoms with E-state index in [2.05, 4.69) is 29.2 Å². The second-order valence-electron chi connectivity index (χ2n) is 9.14. The van der Waals surface area contributed by atoms with Gasteiger partial charge in [0.25, 0.3) is 0 Å². The number of carbonyl (C=O) groups is 1. The molecule has 168 valence electrons. The molecular formula is C26H30N2O4. The summed E-state index contributed by atoms with van der Waals surface area (Å²) in [6, 6.07) is 16.4. The van der Waals surface area contributed by atoms with Gasteiger partial charge in [0.2, 0.25) is 5.89 Å². The zero-order chi connectivity index (χ0) is 22.6. The molecule has 0 radical (unpaired) electrons. The van der Waals surface area contributed by atoms with Crippen LogP contribution in [0, 0.1) is 0 Å². The van der Waals surface area contributed by atoms with Crippen LogP contribution < -0.4 is 4.74 Å². The third kappa shape index (κ3) is 5.69. The Morgan fingerprint density at radius 3 is 2.41 bits per heavy atom. The molecule has 3 aromatic rings. The topological polar surface area (TPSA) is 64.8 Å². The average Bonchev–Trinajstić information content (AvgIpc) is 3.45. The standard InChI is InChI=1S/C26H30N2O4/c1-26(2,3)32-25(29)28-15-4-5-22(28)18-31-23-12-8-20(9-13-23)17-19-6-10-21(11-7-19)24-27-14-16-30-24/h6-14,16,22H,4-5,15,17-18H2,1-3H3/t22-/m1/s1. The van der Waals surface area contributed by atoms with Gasteiger partial charge in [-0.05, 0) is 75.4 Å². The van der Waals surface area contributed by atoms with Crippen LogP contribution in [0.25, 0.3) is 11.5 Å². The van der Waals surface area contributed by atoms with Crippen molar-refractivity contribution in [2.24, 2.45) is 0 Å². The van der Waals surface area contributed by atoms with Crippen LogP contribution in [0.3, 0.4) is 0 Å². The van der Waals surface area contributed by atoms with E-state index in [1.807, 2.05) is 45.0 Å². The van der Waals surface area contributed by atoms with Gasteiger partial charge in [-0.1, -0.05) is 24.3 Å². The van der Waals surface area contributed by atoms with Crippen molar-refractivity contribution in [3.05, 3.63) is 72.1 Å². The molecule has 32 heavy (non-hydrogen) atoms. The van der Waals surface area contributed by atoms with E-state index in [0.717, 1.165) is 37.1 Å². The maximum absolute atomic E-state index is 12.4. The van der Waals surface area contributed by atoms with Gasteiger partial charge in [-0.3, -0.25) is 0 Å². The number of ether oxygens (including phenoxy) is 2. The second kappa shape index (κ2) is 9.47. The zero-order valence-corrected chi connectivity index (χ0v) is 18.9. The molecule has 4 rings (SSSR count). The highest BCUT2D eigenvalue weighted by Crippen LogP contribution is 2.23. The Bertz CT molecular complexity index is 1010. The lowest BCUT2D eigenvalue weighted by molar-refractivity contribution is 0.0187. The fourth-order valence-electron chi connectivity index (χ4n) is 3.83. The molecule has 2 heterocycles.